The summed E-state index contributed by atoms with van der Waals surface area (Å²) in [6.45, 7) is 5.91. The summed E-state index contributed by atoms with van der Waals surface area (Å²) in [6, 6.07) is 15.3. The summed E-state index contributed by atoms with van der Waals surface area (Å²) in [5.41, 5.74) is 3.99. The number of anilines is 3. The molecule has 8 heteroatoms. The number of benzene rings is 2. The lowest BCUT2D eigenvalue weighted by Crippen LogP contribution is -2.30. The van der Waals surface area contributed by atoms with Crippen LogP contribution in [0.1, 0.15) is 37.0 Å². The van der Waals surface area contributed by atoms with Crippen molar-refractivity contribution in [3.05, 3.63) is 66.5 Å². The van der Waals surface area contributed by atoms with Crippen molar-refractivity contribution in [1.82, 2.24) is 25.3 Å². The molecule has 3 heterocycles. The number of carbonyl (C=O) groups excluding carboxylic acids is 1. The molecule has 0 radical (unpaired) electrons. The molecule has 0 spiro atoms. The van der Waals surface area contributed by atoms with Crippen molar-refractivity contribution < 1.29 is 4.79 Å². The fourth-order valence-electron chi connectivity index (χ4n) is 4.04. The number of hydrogen-bond acceptors (Lipinski definition) is 7. The predicted molar refractivity (Wildman–Crippen MR) is 134 cm³/mol. The smallest absolute Gasteiger partial charge is 0.251 e. The molecule has 2 aromatic heterocycles. The van der Waals surface area contributed by atoms with Gasteiger partial charge >= 0.3 is 0 Å². The number of hydrogen-bond donors (Lipinski definition) is 2. The molecule has 1 amide bonds. The van der Waals surface area contributed by atoms with E-state index in [1.807, 2.05) is 56.4 Å². The van der Waals surface area contributed by atoms with Crippen molar-refractivity contribution in [2.24, 2.45) is 0 Å². The normalized spacial score (nSPS) is 13.4. The van der Waals surface area contributed by atoms with E-state index in [4.69, 9.17) is 4.98 Å². The first-order valence-electron chi connectivity index (χ1n) is 11.6. The Morgan fingerprint density at radius 1 is 1.00 bits per heavy atom. The number of fused-ring (bicyclic) bond motifs is 1. The molecule has 0 bridgehead atoms. The molecule has 1 aliphatic rings. The molecule has 1 saturated heterocycles. The second-order valence-corrected chi connectivity index (χ2v) is 8.74. The third-order valence-corrected chi connectivity index (χ3v) is 5.71. The summed E-state index contributed by atoms with van der Waals surface area (Å²) in [5, 5.41) is 7.08. The molecule has 0 aliphatic carbocycles. The second kappa shape index (κ2) is 9.43. The van der Waals surface area contributed by atoms with E-state index in [0.717, 1.165) is 46.9 Å². The Kier molecular flexibility index (Phi) is 6.03. The van der Waals surface area contributed by atoms with Crippen molar-refractivity contribution in [2.45, 2.75) is 32.7 Å². The Morgan fingerprint density at radius 3 is 2.68 bits per heavy atom. The summed E-state index contributed by atoms with van der Waals surface area (Å²) in [6.07, 6.45) is 5.99. The highest BCUT2D eigenvalue weighted by molar-refractivity contribution is 5.95. The highest BCUT2D eigenvalue weighted by atomic mass is 16.1. The zero-order valence-corrected chi connectivity index (χ0v) is 19.3. The van der Waals surface area contributed by atoms with Gasteiger partial charge in [0, 0.05) is 53.7 Å². The van der Waals surface area contributed by atoms with E-state index >= 15 is 0 Å². The maximum atomic E-state index is 12.3. The Morgan fingerprint density at radius 2 is 1.85 bits per heavy atom. The average molecular weight is 454 g/mol. The van der Waals surface area contributed by atoms with E-state index in [9.17, 15) is 4.79 Å². The average Bonchev–Trinajstić information content (AvgIpc) is 3.38. The van der Waals surface area contributed by atoms with Crippen LogP contribution in [0.2, 0.25) is 0 Å². The number of carbonyl (C=O) groups is 1. The lowest BCUT2D eigenvalue weighted by atomic mass is 10.1. The van der Waals surface area contributed by atoms with Gasteiger partial charge in [-0.1, -0.05) is 12.1 Å². The van der Waals surface area contributed by atoms with E-state index in [2.05, 4.69) is 30.5 Å². The van der Waals surface area contributed by atoms with Crippen LogP contribution in [-0.4, -0.2) is 45.0 Å². The van der Waals surface area contributed by atoms with E-state index in [1.54, 1.807) is 18.3 Å². The molecule has 4 aromatic rings. The molecular weight excluding hydrogens is 426 g/mol. The highest BCUT2D eigenvalue weighted by Gasteiger charge is 2.15. The number of nitrogens with one attached hydrogen (secondary N) is 2. The van der Waals surface area contributed by atoms with Crippen molar-refractivity contribution in [2.75, 3.05) is 23.3 Å². The van der Waals surface area contributed by atoms with Gasteiger partial charge in [-0.25, -0.2) is 19.9 Å². The SMILES string of the molecule is CC(C)NC(=O)c1cccc(Nc2nccc(-c3ccc4nc(N5CCCC5)ncc4c3)n2)c1. The first-order valence-corrected chi connectivity index (χ1v) is 11.6. The highest BCUT2D eigenvalue weighted by Crippen LogP contribution is 2.25. The Bertz CT molecular complexity index is 1330. The second-order valence-electron chi connectivity index (χ2n) is 8.74. The van der Waals surface area contributed by atoms with Crippen molar-refractivity contribution in [3.63, 3.8) is 0 Å². The number of rotatable bonds is 6. The molecule has 5 rings (SSSR count). The van der Waals surface area contributed by atoms with Gasteiger partial charge < -0.3 is 15.5 Å². The van der Waals surface area contributed by atoms with Crippen LogP contribution < -0.4 is 15.5 Å². The molecule has 1 aliphatic heterocycles. The van der Waals surface area contributed by atoms with Gasteiger partial charge in [-0.15, -0.1) is 0 Å². The van der Waals surface area contributed by atoms with Gasteiger partial charge in [-0.2, -0.15) is 0 Å². The van der Waals surface area contributed by atoms with E-state index < -0.39 is 0 Å². The molecule has 172 valence electrons. The van der Waals surface area contributed by atoms with Gasteiger partial charge in [0.1, 0.15) is 0 Å². The monoisotopic (exact) mass is 453 g/mol. The molecule has 0 saturated carbocycles. The molecule has 8 nitrogen and oxygen atoms in total. The van der Waals surface area contributed by atoms with Gasteiger partial charge in [-0.05, 0) is 63.1 Å². The maximum absolute atomic E-state index is 12.3. The molecule has 0 unspecified atom stereocenters. The van der Waals surface area contributed by atoms with Crippen LogP contribution in [-0.2, 0) is 0 Å². The van der Waals surface area contributed by atoms with Crippen LogP contribution >= 0.6 is 0 Å². The van der Waals surface area contributed by atoms with Crippen LogP contribution in [0.5, 0.6) is 0 Å². The molecule has 34 heavy (non-hydrogen) atoms. The van der Waals surface area contributed by atoms with Gasteiger partial charge in [0.25, 0.3) is 5.91 Å². The minimum Gasteiger partial charge on any atom is -0.350 e. The van der Waals surface area contributed by atoms with Crippen molar-refractivity contribution in [3.8, 4) is 11.3 Å². The largest absolute Gasteiger partial charge is 0.350 e. The van der Waals surface area contributed by atoms with Crippen LogP contribution in [0, 0.1) is 0 Å². The first kappa shape index (κ1) is 21.8. The maximum Gasteiger partial charge on any atom is 0.251 e. The Labute approximate surface area is 198 Å². The Hall–Kier alpha value is -4.07. The predicted octanol–water partition coefficient (Wildman–Crippen LogP) is 4.57. The van der Waals surface area contributed by atoms with E-state index in [-0.39, 0.29) is 11.9 Å². The van der Waals surface area contributed by atoms with Crippen LogP contribution in [0.3, 0.4) is 0 Å². The summed E-state index contributed by atoms with van der Waals surface area (Å²) in [4.78, 5) is 32.9. The minimum absolute atomic E-state index is 0.0725. The van der Waals surface area contributed by atoms with E-state index in [1.165, 1.54) is 12.8 Å². The molecular formula is C26H27N7O. The Balaban J connectivity index is 1.36. The van der Waals surface area contributed by atoms with E-state index in [0.29, 0.717) is 11.5 Å². The standard InChI is InChI=1S/C26H27N7O/c1-17(2)29-24(34)19-6-5-7-21(15-19)30-25-27-11-10-23(31-25)18-8-9-22-20(14-18)16-28-26(32-22)33-12-3-4-13-33/h5-11,14-17H,3-4,12-13H2,1-2H3,(H,29,34)(H,27,30,31). The molecule has 1 fully saturated rings. The fraction of sp³-hybridized carbons (Fsp3) is 0.269. The number of amides is 1. The zero-order valence-electron chi connectivity index (χ0n) is 19.3. The molecule has 0 atom stereocenters. The van der Waals surface area contributed by atoms with Crippen LogP contribution in [0.25, 0.3) is 22.2 Å². The summed E-state index contributed by atoms with van der Waals surface area (Å²) >= 11 is 0. The van der Waals surface area contributed by atoms with Crippen LogP contribution in [0.4, 0.5) is 17.6 Å². The summed E-state index contributed by atoms with van der Waals surface area (Å²) in [5.74, 6) is 1.15. The third kappa shape index (κ3) is 4.80. The summed E-state index contributed by atoms with van der Waals surface area (Å²) < 4.78 is 0. The third-order valence-electron chi connectivity index (χ3n) is 5.71. The fourth-order valence-corrected chi connectivity index (χ4v) is 4.04. The molecule has 2 N–H and O–H groups in total. The summed E-state index contributed by atoms with van der Waals surface area (Å²) in [7, 11) is 0. The minimum atomic E-state index is -0.111. The lowest BCUT2D eigenvalue weighted by Gasteiger charge is -2.15. The van der Waals surface area contributed by atoms with Crippen molar-refractivity contribution >= 4 is 34.4 Å². The zero-order chi connectivity index (χ0) is 23.5. The number of nitrogens with zero attached hydrogens (tertiary/aromatic N) is 5. The van der Waals surface area contributed by atoms with Crippen LogP contribution in [0.15, 0.2) is 60.9 Å². The van der Waals surface area contributed by atoms with Gasteiger partial charge in [0.15, 0.2) is 0 Å². The first-order chi connectivity index (χ1) is 16.5. The lowest BCUT2D eigenvalue weighted by molar-refractivity contribution is 0.0943. The molecule has 2 aromatic carbocycles. The quantitative estimate of drug-likeness (QED) is 0.441. The topological polar surface area (TPSA) is 95.9 Å². The van der Waals surface area contributed by atoms with Gasteiger partial charge in [-0.3, -0.25) is 4.79 Å². The number of aromatic nitrogens is 4. The van der Waals surface area contributed by atoms with Gasteiger partial charge in [0.05, 0.1) is 11.2 Å². The van der Waals surface area contributed by atoms with Gasteiger partial charge in [0.2, 0.25) is 11.9 Å². The van der Waals surface area contributed by atoms with Crippen molar-refractivity contribution in [1.29, 1.82) is 0 Å².